The van der Waals surface area contributed by atoms with Gasteiger partial charge in [0.1, 0.15) is 12.2 Å². The minimum Gasteiger partial charge on any atom is -0.460 e. The highest BCUT2D eigenvalue weighted by Crippen LogP contribution is 2.59. The van der Waals surface area contributed by atoms with Crippen LogP contribution in [0.25, 0.3) is 0 Å². The summed E-state index contributed by atoms with van der Waals surface area (Å²) in [4.78, 5) is 23.4. The molecule has 5 heteroatoms. The summed E-state index contributed by atoms with van der Waals surface area (Å²) in [7, 11) is 0. The molecule has 0 heterocycles. The number of hydrogen-bond donors (Lipinski definition) is 1. The van der Waals surface area contributed by atoms with E-state index < -0.39 is 12.1 Å². The predicted octanol–water partition coefficient (Wildman–Crippen LogP) is 3.05. The molecule has 0 unspecified atom stereocenters. The molecule has 0 aromatic carbocycles. The Kier molecular flexibility index (Phi) is 4.39. The highest BCUT2D eigenvalue weighted by Gasteiger charge is 2.57. The molecule has 1 amide bonds. The highest BCUT2D eigenvalue weighted by molar-refractivity contribution is 5.86. The molecule has 4 bridgehead atoms. The summed E-state index contributed by atoms with van der Waals surface area (Å²) in [5.41, 5.74) is 0.0278. The van der Waals surface area contributed by atoms with Crippen molar-refractivity contribution in [2.24, 2.45) is 23.7 Å². The largest absolute Gasteiger partial charge is 0.460 e. The average Bonchev–Trinajstić information content (AvgIpc) is 2.48. The molecule has 4 aliphatic carbocycles. The Morgan fingerprint density at radius 2 is 1.70 bits per heavy atom. The van der Waals surface area contributed by atoms with Gasteiger partial charge in [-0.3, -0.25) is 0 Å². The van der Waals surface area contributed by atoms with Crippen LogP contribution in [-0.2, 0) is 14.3 Å². The number of alkyl carbamates (subject to hydrolysis) is 1. The second-order valence-corrected chi connectivity index (χ2v) is 7.72. The van der Waals surface area contributed by atoms with Crippen LogP contribution in [-0.4, -0.2) is 30.8 Å². The van der Waals surface area contributed by atoms with Gasteiger partial charge in [0.15, 0.2) is 0 Å². The van der Waals surface area contributed by atoms with Gasteiger partial charge >= 0.3 is 12.1 Å². The monoisotopic (exact) mass is 321 g/mol. The van der Waals surface area contributed by atoms with Crippen molar-refractivity contribution < 1.29 is 19.1 Å². The third-order valence-electron chi connectivity index (χ3n) is 6.02. The summed E-state index contributed by atoms with van der Waals surface area (Å²) in [5, 5.41) is 2.69. The number of nitrogens with one attached hydrogen (secondary N) is 1. The van der Waals surface area contributed by atoms with Crippen LogP contribution in [0.5, 0.6) is 0 Å². The van der Waals surface area contributed by atoms with Crippen LogP contribution >= 0.6 is 0 Å². The molecule has 4 saturated carbocycles. The van der Waals surface area contributed by atoms with E-state index in [4.69, 9.17) is 9.47 Å². The van der Waals surface area contributed by atoms with Crippen molar-refractivity contribution in [3.8, 4) is 0 Å². The first-order valence-electron chi connectivity index (χ1n) is 8.68. The molecule has 4 rings (SSSR count). The summed E-state index contributed by atoms with van der Waals surface area (Å²) in [6.07, 6.45) is 5.79. The smallest absolute Gasteiger partial charge is 0.407 e. The summed E-state index contributed by atoms with van der Waals surface area (Å²) in [6, 6.07) is 0. The van der Waals surface area contributed by atoms with Crippen LogP contribution in [0.3, 0.4) is 0 Å². The van der Waals surface area contributed by atoms with Crippen LogP contribution in [0.2, 0.25) is 0 Å². The van der Waals surface area contributed by atoms with Gasteiger partial charge in [-0.05, 0) is 69.6 Å². The van der Waals surface area contributed by atoms with Crippen LogP contribution in [0, 0.1) is 23.7 Å². The standard InChI is InChI=1S/C18H27NO4/c1-11(2)16(20)22-5-4-19-17(21)23-18(3)14-7-12-6-13(9-14)10-15(18)8-12/h12-15H,1,4-10H2,2-3H3,(H,19,21). The Balaban J connectivity index is 1.46. The molecule has 0 saturated heterocycles. The maximum Gasteiger partial charge on any atom is 0.407 e. The van der Waals surface area contributed by atoms with E-state index in [0.29, 0.717) is 17.4 Å². The van der Waals surface area contributed by atoms with Crippen molar-refractivity contribution in [3.05, 3.63) is 12.2 Å². The summed E-state index contributed by atoms with van der Waals surface area (Å²) >= 11 is 0. The number of amides is 1. The zero-order valence-electron chi connectivity index (χ0n) is 14.1. The number of rotatable bonds is 5. The third kappa shape index (κ3) is 3.24. The summed E-state index contributed by atoms with van der Waals surface area (Å²) < 4.78 is 10.8. The van der Waals surface area contributed by atoms with Gasteiger partial charge in [-0.15, -0.1) is 0 Å². The molecule has 4 aliphatic rings. The number of carbonyl (C=O) groups excluding carboxylic acids is 2. The quantitative estimate of drug-likeness (QED) is 0.480. The van der Waals surface area contributed by atoms with Crippen molar-refractivity contribution >= 4 is 12.1 Å². The lowest BCUT2D eigenvalue weighted by Crippen LogP contribution is -2.58. The van der Waals surface area contributed by atoms with Crippen molar-refractivity contribution in [1.82, 2.24) is 5.32 Å². The molecular formula is C18H27NO4. The van der Waals surface area contributed by atoms with Gasteiger partial charge in [-0.25, -0.2) is 9.59 Å². The van der Waals surface area contributed by atoms with Gasteiger partial charge in [0.2, 0.25) is 0 Å². The van der Waals surface area contributed by atoms with Crippen LogP contribution in [0.1, 0.15) is 46.0 Å². The minimum atomic E-state index is -0.437. The number of ether oxygens (including phenoxy) is 2. The molecule has 0 aliphatic heterocycles. The number of carbonyl (C=O) groups is 2. The van der Waals surface area contributed by atoms with E-state index in [0.717, 1.165) is 11.8 Å². The fourth-order valence-corrected chi connectivity index (χ4v) is 4.94. The van der Waals surface area contributed by atoms with E-state index in [1.54, 1.807) is 6.92 Å². The zero-order chi connectivity index (χ0) is 16.6. The van der Waals surface area contributed by atoms with Crippen LogP contribution in [0.15, 0.2) is 12.2 Å². The molecule has 0 radical (unpaired) electrons. The molecule has 23 heavy (non-hydrogen) atoms. The molecule has 0 aromatic heterocycles. The Morgan fingerprint density at radius 3 is 2.22 bits per heavy atom. The fourth-order valence-electron chi connectivity index (χ4n) is 4.94. The second kappa shape index (κ2) is 6.17. The van der Waals surface area contributed by atoms with E-state index in [9.17, 15) is 9.59 Å². The summed E-state index contributed by atoms with van der Waals surface area (Å²) in [5.74, 6) is 2.27. The Bertz CT molecular complexity index is 485. The number of hydrogen-bond acceptors (Lipinski definition) is 4. The van der Waals surface area contributed by atoms with Crippen LogP contribution < -0.4 is 5.32 Å². The maximum atomic E-state index is 12.1. The lowest BCUT2D eigenvalue weighted by Gasteiger charge is -2.58. The highest BCUT2D eigenvalue weighted by atomic mass is 16.6. The van der Waals surface area contributed by atoms with Gasteiger partial charge in [0, 0.05) is 5.57 Å². The Hall–Kier alpha value is -1.52. The van der Waals surface area contributed by atoms with E-state index in [2.05, 4.69) is 18.8 Å². The third-order valence-corrected chi connectivity index (χ3v) is 6.02. The number of esters is 1. The van der Waals surface area contributed by atoms with Gasteiger partial charge in [0.25, 0.3) is 0 Å². The maximum absolute atomic E-state index is 12.1. The molecular weight excluding hydrogens is 294 g/mol. The first-order chi connectivity index (χ1) is 10.9. The van der Waals surface area contributed by atoms with E-state index in [-0.39, 0.29) is 18.8 Å². The normalized spacial score (nSPS) is 37.3. The van der Waals surface area contributed by atoms with Gasteiger partial charge < -0.3 is 14.8 Å². The predicted molar refractivity (Wildman–Crippen MR) is 85.7 cm³/mol. The lowest BCUT2D eigenvalue weighted by atomic mass is 9.50. The SMILES string of the molecule is C=C(C)C(=O)OCCNC(=O)OC1(C)C2CC3CC(C2)CC1C3. The Labute approximate surface area is 137 Å². The van der Waals surface area contributed by atoms with Crippen molar-refractivity contribution in [3.63, 3.8) is 0 Å². The van der Waals surface area contributed by atoms with E-state index >= 15 is 0 Å². The van der Waals surface area contributed by atoms with Crippen LogP contribution in [0.4, 0.5) is 4.79 Å². The first-order valence-corrected chi connectivity index (χ1v) is 8.68. The van der Waals surface area contributed by atoms with Crippen molar-refractivity contribution in [1.29, 1.82) is 0 Å². The minimum absolute atomic E-state index is 0.133. The van der Waals surface area contributed by atoms with Gasteiger partial charge in [0.05, 0.1) is 6.54 Å². The topological polar surface area (TPSA) is 64.6 Å². The second-order valence-electron chi connectivity index (χ2n) is 7.72. The molecule has 0 spiro atoms. The first kappa shape index (κ1) is 16.3. The fraction of sp³-hybridized carbons (Fsp3) is 0.778. The average molecular weight is 321 g/mol. The van der Waals surface area contributed by atoms with Gasteiger partial charge in [-0.1, -0.05) is 6.58 Å². The van der Waals surface area contributed by atoms with E-state index in [1.807, 2.05) is 0 Å². The zero-order valence-corrected chi connectivity index (χ0v) is 14.1. The molecule has 0 aromatic rings. The molecule has 1 N–H and O–H groups in total. The molecule has 4 fully saturated rings. The van der Waals surface area contributed by atoms with E-state index in [1.165, 1.54) is 32.1 Å². The molecule has 128 valence electrons. The Morgan fingerprint density at radius 1 is 1.13 bits per heavy atom. The van der Waals surface area contributed by atoms with Crippen molar-refractivity contribution in [2.75, 3.05) is 13.2 Å². The van der Waals surface area contributed by atoms with Crippen molar-refractivity contribution in [2.45, 2.75) is 51.6 Å². The molecule has 0 atom stereocenters. The summed E-state index contributed by atoms with van der Waals surface area (Å²) in [6.45, 7) is 7.61. The lowest BCUT2D eigenvalue weighted by molar-refractivity contribution is -0.162. The molecule has 5 nitrogen and oxygen atoms in total. The van der Waals surface area contributed by atoms with Gasteiger partial charge in [-0.2, -0.15) is 0 Å².